The maximum absolute atomic E-state index is 13.8. The highest BCUT2D eigenvalue weighted by molar-refractivity contribution is 5.97. The quantitative estimate of drug-likeness (QED) is 0.896. The lowest BCUT2D eigenvalue weighted by molar-refractivity contribution is -0.142. The molecule has 0 spiro atoms. The van der Waals surface area contributed by atoms with Crippen molar-refractivity contribution in [1.82, 2.24) is 5.32 Å². The van der Waals surface area contributed by atoms with Crippen LogP contribution in [0.4, 0.5) is 8.78 Å². The van der Waals surface area contributed by atoms with Gasteiger partial charge in [-0.25, -0.2) is 13.6 Å². The van der Waals surface area contributed by atoms with E-state index in [0.29, 0.717) is 0 Å². The van der Waals surface area contributed by atoms with Crippen molar-refractivity contribution in [2.75, 3.05) is 0 Å². The van der Waals surface area contributed by atoms with E-state index in [1.807, 2.05) is 0 Å². The average Bonchev–Trinajstić information content (AvgIpc) is 2.29. The summed E-state index contributed by atoms with van der Waals surface area (Å²) in [5.74, 6) is -4.35. The van der Waals surface area contributed by atoms with Crippen molar-refractivity contribution >= 4 is 11.9 Å². The fourth-order valence-electron chi connectivity index (χ4n) is 1.72. The Hall–Kier alpha value is -1.98. The van der Waals surface area contributed by atoms with Crippen LogP contribution in [0.5, 0.6) is 0 Å². The van der Waals surface area contributed by atoms with Crippen molar-refractivity contribution < 1.29 is 23.5 Å². The summed E-state index contributed by atoms with van der Waals surface area (Å²) in [7, 11) is 0. The minimum absolute atomic E-state index is 0.110. The number of nitrogens with one attached hydrogen (secondary N) is 1. The third-order valence-corrected chi connectivity index (χ3v) is 2.90. The monoisotopic (exact) mass is 285 g/mol. The number of carboxylic acids is 1. The number of carboxylic acid groups (broad SMARTS) is 1. The van der Waals surface area contributed by atoms with E-state index < -0.39 is 40.5 Å². The molecule has 6 heteroatoms. The van der Waals surface area contributed by atoms with Crippen molar-refractivity contribution in [3.05, 3.63) is 34.9 Å². The van der Waals surface area contributed by atoms with E-state index in [4.69, 9.17) is 5.11 Å². The minimum atomic E-state index is -1.26. The number of aliphatic carboxylic acids is 1. The van der Waals surface area contributed by atoms with Gasteiger partial charge < -0.3 is 10.4 Å². The van der Waals surface area contributed by atoms with Gasteiger partial charge in [-0.2, -0.15) is 0 Å². The number of rotatable bonds is 3. The maximum Gasteiger partial charge on any atom is 0.326 e. The Morgan fingerprint density at radius 1 is 1.25 bits per heavy atom. The lowest BCUT2D eigenvalue weighted by atomic mass is 9.86. The Balaban J connectivity index is 3.14. The molecule has 0 radical (unpaired) electrons. The molecular weight excluding hydrogens is 268 g/mol. The zero-order chi connectivity index (χ0) is 15.7. The second-order valence-corrected chi connectivity index (χ2v) is 5.66. The molecule has 0 aliphatic rings. The molecule has 1 aromatic rings. The van der Waals surface area contributed by atoms with Crippen molar-refractivity contribution in [3.63, 3.8) is 0 Å². The van der Waals surface area contributed by atoms with Crippen LogP contribution < -0.4 is 5.32 Å². The van der Waals surface area contributed by atoms with E-state index in [-0.39, 0.29) is 5.56 Å². The summed E-state index contributed by atoms with van der Waals surface area (Å²) in [4.78, 5) is 23.1. The maximum atomic E-state index is 13.8. The topological polar surface area (TPSA) is 66.4 Å². The number of amides is 1. The third-order valence-electron chi connectivity index (χ3n) is 2.90. The summed E-state index contributed by atoms with van der Waals surface area (Å²) in [5.41, 5.74) is -1.45. The summed E-state index contributed by atoms with van der Waals surface area (Å²) in [6.07, 6.45) is 0. The van der Waals surface area contributed by atoms with Crippen LogP contribution in [0, 0.1) is 24.0 Å². The SMILES string of the molecule is Cc1ccc(F)c(C(=O)N[C@@H](C(=O)O)C(C)(C)C)c1F. The highest BCUT2D eigenvalue weighted by Gasteiger charge is 2.34. The first-order valence-electron chi connectivity index (χ1n) is 6.04. The van der Waals surface area contributed by atoms with Crippen molar-refractivity contribution in [2.45, 2.75) is 33.7 Å². The second kappa shape index (κ2) is 5.56. The van der Waals surface area contributed by atoms with Gasteiger partial charge >= 0.3 is 5.97 Å². The molecule has 4 nitrogen and oxygen atoms in total. The van der Waals surface area contributed by atoms with Gasteiger partial charge in [0.25, 0.3) is 5.91 Å². The zero-order valence-corrected chi connectivity index (χ0v) is 11.8. The second-order valence-electron chi connectivity index (χ2n) is 5.66. The molecule has 0 fully saturated rings. The normalized spacial score (nSPS) is 12.9. The molecule has 0 saturated heterocycles. The molecule has 20 heavy (non-hydrogen) atoms. The predicted octanol–water partition coefficient (Wildman–Crippen LogP) is 2.50. The van der Waals surface area contributed by atoms with E-state index in [9.17, 15) is 18.4 Å². The number of benzene rings is 1. The number of carbonyl (C=O) groups is 2. The molecule has 0 aliphatic heterocycles. The summed E-state index contributed by atoms with van der Waals surface area (Å²) in [6, 6.07) is 0.925. The minimum Gasteiger partial charge on any atom is -0.480 e. The van der Waals surface area contributed by atoms with E-state index in [1.165, 1.54) is 13.0 Å². The van der Waals surface area contributed by atoms with Crippen LogP contribution in [-0.2, 0) is 4.79 Å². The Morgan fingerprint density at radius 3 is 2.25 bits per heavy atom. The molecule has 0 bridgehead atoms. The molecule has 0 aliphatic carbocycles. The van der Waals surface area contributed by atoms with Gasteiger partial charge in [-0.05, 0) is 24.0 Å². The van der Waals surface area contributed by atoms with Crippen molar-refractivity contribution in [3.8, 4) is 0 Å². The molecule has 2 N–H and O–H groups in total. The van der Waals surface area contributed by atoms with Gasteiger partial charge in [0.2, 0.25) is 0 Å². The number of hydrogen-bond acceptors (Lipinski definition) is 2. The zero-order valence-electron chi connectivity index (χ0n) is 11.8. The van der Waals surface area contributed by atoms with Gasteiger partial charge in [-0.15, -0.1) is 0 Å². The van der Waals surface area contributed by atoms with Crippen LogP contribution in [0.2, 0.25) is 0 Å². The van der Waals surface area contributed by atoms with Gasteiger partial charge in [0.15, 0.2) is 0 Å². The summed E-state index contributed by atoms with van der Waals surface area (Å²) >= 11 is 0. The molecule has 0 aromatic heterocycles. The van der Waals surface area contributed by atoms with Crippen LogP contribution in [0.15, 0.2) is 12.1 Å². The molecule has 0 heterocycles. The lowest BCUT2D eigenvalue weighted by Gasteiger charge is -2.27. The molecule has 0 saturated carbocycles. The van der Waals surface area contributed by atoms with Crippen LogP contribution >= 0.6 is 0 Å². The lowest BCUT2D eigenvalue weighted by Crippen LogP contribution is -2.49. The van der Waals surface area contributed by atoms with E-state index in [1.54, 1.807) is 20.8 Å². The fraction of sp³-hybridized carbons (Fsp3) is 0.429. The average molecular weight is 285 g/mol. The Labute approximate surface area is 115 Å². The predicted molar refractivity (Wildman–Crippen MR) is 69.4 cm³/mol. The Morgan fingerprint density at radius 2 is 1.80 bits per heavy atom. The number of halogens is 2. The first-order valence-corrected chi connectivity index (χ1v) is 6.04. The van der Waals surface area contributed by atoms with Crippen LogP contribution in [-0.4, -0.2) is 23.0 Å². The van der Waals surface area contributed by atoms with Crippen molar-refractivity contribution in [2.24, 2.45) is 5.41 Å². The van der Waals surface area contributed by atoms with Gasteiger partial charge in [-0.1, -0.05) is 26.8 Å². The molecule has 1 amide bonds. The van der Waals surface area contributed by atoms with Gasteiger partial charge in [-0.3, -0.25) is 4.79 Å². The highest BCUT2D eigenvalue weighted by atomic mass is 19.1. The van der Waals surface area contributed by atoms with Crippen LogP contribution in [0.1, 0.15) is 36.7 Å². The van der Waals surface area contributed by atoms with Crippen LogP contribution in [0.3, 0.4) is 0 Å². The van der Waals surface area contributed by atoms with Crippen LogP contribution in [0.25, 0.3) is 0 Å². The Bertz CT molecular complexity index is 550. The molecule has 0 unspecified atom stereocenters. The summed E-state index contributed by atoms with van der Waals surface area (Å²) in [5, 5.41) is 11.3. The largest absolute Gasteiger partial charge is 0.480 e. The molecule has 1 aromatic carbocycles. The number of carbonyl (C=O) groups excluding carboxylic acids is 1. The summed E-state index contributed by atoms with van der Waals surface area (Å²) < 4.78 is 27.4. The highest BCUT2D eigenvalue weighted by Crippen LogP contribution is 2.21. The molecule has 110 valence electrons. The van der Waals surface area contributed by atoms with E-state index in [2.05, 4.69) is 5.32 Å². The third kappa shape index (κ3) is 3.31. The van der Waals surface area contributed by atoms with E-state index in [0.717, 1.165) is 6.07 Å². The molecule has 1 atom stereocenters. The van der Waals surface area contributed by atoms with Crippen molar-refractivity contribution in [1.29, 1.82) is 0 Å². The number of hydrogen-bond donors (Lipinski definition) is 2. The van der Waals surface area contributed by atoms with Gasteiger partial charge in [0.1, 0.15) is 23.2 Å². The standard InChI is InChI=1S/C14H17F2NO3/c1-7-5-6-8(15)9(10(7)16)12(18)17-11(13(19)20)14(2,3)4/h5-6,11H,1-4H3,(H,17,18)(H,19,20)/t11-/m0/s1. The molecular formula is C14H17F2NO3. The number of aryl methyl sites for hydroxylation is 1. The van der Waals surface area contributed by atoms with E-state index >= 15 is 0 Å². The first kappa shape index (κ1) is 16.1. The smallest absolute Gasteiger partial charge is 0.326 e. The van der Waals surface area contributed by atoms with Gasteiger partial charge in [0, 0.05) is 0 Å². The van der Waals surface area contributed by atoms with Gasteiger partial charge in [0.05, 0.1) is 0 Å². The Kier molecular flexibility index (Phi) is 4.47. The molecule has 1 rings (SSSR count). The first-order chi connectivity index (χ1) is 9.05. The summed E-state index contributed by atoms with van der Waals surface area (Å²) in [6.45, 7) is 6.21. The fourth-order valence-corrected chi connectivity index (χ4v) is 1.72.